The summed E-state index contributed by atoms with van der Waals surface area (Å²) in [4.78, 5) is 26.8. The molecule has 3 aromatic heterocycles. The highest BCUT2D eigenvalue weighted by Crippen LogP contribution is 2.46. The van der Waals surface area contributed by atoms with Crippen LogP contribution in [-0.2, 0) is 81.9 Å². The van der Waals surface area contributed by atoms with Crippen LogP contribution in [0.25, 0.3) is 16.7 Å². The number of azo groups is 4. The minimum atomic E-state index is -5.27. The second-order valence-corrected chi connectivity index (χ2v) is 35.5. The van der Waals surface area contributed by atoms with Gasteiger partial charge in [0.05, 0.1) is 80.3 Å². The number of anilines is 5. The molecule has 0 bridgehead atoms. The summed E-state index contributed by atoms with van der Waals surface area (Å²) < 4.78 is 266. The summed E-state index contributed by atoms with van der Waals surface area (Å²) in [6.45, 7) is 3.89. The van der Waals surface area contributed by atoms with Crippen molar-refractivity contribution >= 4 is 203 Å². The van der Waals surface area contributed by atoms with Crippen LogP contribution in [-0.4, -0.2) is 192 Å². The van der Waals surface area contributed by atoms with Gasteiger partial charge in [-0.1, -0.05) is 6.07 Å². The Morgan fingerprint density at radius 2 is 1.08 bits per heavy atom. The van der Waals surface area contributed by atoms with E-state index in [0.29, 0.717) is 34.0 Å². The van der Waals surface area contributed by atoms with Crippen LogP contribution in [0, 0.1) is 42.2 Å². The maximum atomic E-state index is 12.7. The smallest absolute Gasteiger partial charge is 0.425 e. The lowest BCUT2D eigenvalue weighted by Crippen LogP contribution is -2.17. The third kappa shape index (κ3) is 28.9. The standard InChI is InChI=1S/C60H60N18O23S8.2O3S/c1-33-23-47(73-76-55-35(3)40(32-61)56-64-46-27-38(100-4)12-14-50(46)77(56)57(55)79)51(101-16-6-19-104(82,83)84)29-42(33)70-74-48-24-34(2)43(30-52(48)102-17-7-20-105(85,86)87)71-75-49-28-44(65-60-67-58(62-15-22-107(91,92)93)66-59(68-60)63-36-9-5-10-39(25-36)108(94,95)96)45(31-53(49)103-18-8-21-106(88,89)90)72-69-41-13-11-37(78(80)81)26-54(41)109(97,98)99;2*1-4(2)3/h5,9-14,23-31,79H,6-8,15-22H2,1-4H3,(H,82,83,84)(H,85,86,87)(H,88,89,90)(H,91,92,93)(H,94,95,96)(H,97,98,99)(H3,62,63,65,66,67,68);;. The van der Waals surface area contributed by atoms with E-state index < -0.39 is 161 Å². The normalized spacial score (nSPS) is 12.2. The Kier molecular flexibility index (Phi) is 31.8. The molecule has 6 aromatic carbocycles. The van der Waals surface area contributed by atoms with Crippen LogP contribution in [0.3, 0.4) is 0 Å². The zero-order valence-corrected chi connectivity index (χ0v) is 68.1. The number of nitrogens with zero attached hydrogens (tertiary/aromatic N) is 15. The number of rotatable bonds is 35. The molecular formula is C60H60N18O29S10. The maximum Gasteiger partial charge on any atom is 0.425 e. The number of imidazole rings is 1. The molecule has 0 aliphatic heterocycles. The summed E-state index contributed by atoms with van der Waals surface area (Å²) in [5.74, 6) is -4.36. The van der Waals surface area contributed by atoms with Crippen LogP contribution in [0.1, 0.15) is 41.5 Å². The third-order valence-corrected chi connectivity index (χ3v) is 21.9. The monoisotopic (exact) mass is 1820 g/mol. The number of pyridine rings is 1. The van der Waals surface area contributed by atoms with E-state index in [2.05, 4.69) is 82.9 Å². The molecule has 57 heteroatoms. The van der Waals surface area contributed by atoms with Gasteiger partial charge in [0.25, 0.3) is 66.4 Å². The number of hydrogen-bond acceptors (Lipinski definition) is 41. The van der Waals surface area contributed by atoms with E-state index >= 15 is 0 Å². The first kappa shape index (κ1) is 92.9. The molecule has 117 heavy (non-hydrogen) atoms. The lowest BCUT2D eigenvalue weighted by atomic mass is 10.1. The van der Waals surface area contributed by atoms with Gasteiger partial charge in [0.1, 0.15) is 50.8 Å². The number of hydrogen-bond donors (Lipinski definition) is 10. The Morgan fingerprint density at radius 1 is 0.564 bits per heavy atom. The number of aromatic hydroxyl groups is 1. The molecular weight excluding hydrogens is 1760 g/mol. The van der Waals surface area contributed by atoms with Crippen molar-refractivity contribution in [2.75, 3.05) is 70.7 Å². The average molecular weight is 1820 g/mol. The predicted molar refractivity (Wildman–Crippen MR) is 416 cm³/mol. The fourth-order valence-corrected chi connectivity index (χ4v) is 15.0. The first-order valence-electron chi connectivity index (χ1n) is 31.9. The molecule has 0 amide bonds. The second kappa shape index (κ2) is 40.1. The number of non-ortho nitro benzene ring substituents is 1. The van der Waals surface area contributed by atoms with E-state index in [0.717, 1.165) is 47.8 Å². The number of aryl methyl sites for hydroxylation is 2. The topological polar surface area (TPSA) is 725 Å². The Hall–Kier alpha value is -11.2. The number of nitro groups is 1. The fraction of sp³-hybridized carbons (Fsp3) is 0.250. The average Bonchev–Trinajstić information content (AvgIpc) is 1.60. The Bertz CT molecular complexity index is 6480. The molecule has 0 aliphatic carbocycles. The number of nitrogens with one attached hydrogen (secondary N) is 3. The number of nitriles is 1. The molecule has 624 valence electrons. The van der Waals surface area contributed by atoms with Crippen molar-refractivity contribution in [1.29, 1.82) is 5.26 Å². The molecule has 0 saturated heterocycles. The van der Waals surface area contributed by atoms with Gasteiger partial charge in [-0.05, 0) is 129 Å². The summed E-state index contributed by atoms with van der Waals surface area (Å²) in [6, 6.07) is 22.2. The number of ether oxygens (including phenoxy) is 2. The third-order valence-electron chi connectivity index (χ3n) is 14.8. The molecule has 0 aliphatic rings. The summed E-state index contributed by atoms with van der Waals surface area (Å²) >= 11 is 1.95. The van der Waals surface area contributed by atoms with Crippen LogP contribution >= 0.6 is 23.5 Å². The number of benzene rings is 6. The molecule has 9 aromatic rings. The zero-order valence-electron chi connectivity index (χ0n) is 59.9. The van der Waals surface area contributed by atoms with Crippen molar-refractivity contribution in [1.82, 2.24) is 24.3 Å². The van der Waals surface area contributed by atoms with Crippen molar-refractivity contribution in [2.24, 2.45) is 40.9 Å². The van der Waals surface area contributed by atoms with Crippen LogP contribution in [0.4, 0.5) is 80.4 Å². The van der Waals surface area contributed by atoms with Gasteiger partial charge in [0, 0.05) is 51.9 Å². The van der Waals surface area contributed by atoms with E-state index in [4.69, 9.17) is 34.7 Å². The minimum Gasteiger partial charge on any atom is -0.497 e. The number of fused-ring (bicyclic) bond motifs is 3. The molecule has 3 heterocycles. The van der Waals surface area contributed by atoms with E-state index in [1.807, 2.05) is 0 Å². The van der Waals surface area contributed by atoms with Crippen molar-refractivity contribution in [3.63, 3.8) is 0 Å². The van der Waals surface area contributed by atoms with Gasteiger partial charge in [-0.3, -0.25) is 41.8 Å². The van der Waals surface area contributed by atoms with E-state index in [1.165, 1.54) is 67.0 Å². The molecule has 9 rings (SSSR count). The van der Waals surface area contributed by atoms with Gasteiger partial charge in [0.2, 0.25) is 23.7 Å². The van der Waals surface area contributed by atoms with Crippen LogP contribution < -0.4 is 25.4 Å². The largest absolute Gasteiger partial charge is 0.497 e. The van der Waals surface area contributed by atoms with Crippen molar-refractivity contribution in [2.45, 2.75) is 59.6 Å². The van der Waals surface area contributed by atoms with E-state index in [1.54, 1.807) is 32.0 Å². The molecule has 0 spiro atoms. The molecule has 0 unspecified atom stereocenters. The summed E-state index contributed by atoms with van der Waals surface area (Å²) in [6.07, 6.45) is -0.505. The van der Waals surface area contributed by atoms with Gasteiger partial charge >= 0.3 is 21.2 Å². The van der Waals surface area contributed by atoms with Gasteiger partial charge in [0.15, 0.2) is 11.3 Å². The van der Waals surface area contributed by atoms with E-state index in [9.17, 15) is 98.3 Å². The highest BCUT2D eigenvalue weighted by Gasteiger charge is 2.25. The highest BCUT2D eigenvalue weighted by atomic mass is 32.2. The Labute approximate surface area is 674 Å². The molecule has 0 radical (unpaired) electrons. The predicted octanol–water partition coefficient (Wildman–Crippen LogP) is 10.4. The molecule has 10 N–H and O–H groups in total. The second-order valence-electron chi connectivity index (χ2n) is 23.3. The van der Waals surface area contributed by atoms with Crippen molar-refractivity contribution in [3.05, 3.63) is 129 Å². The van der Waals surface area contributed by atoms with Crippen LogP contribution in [0.2, 0.25) is 0 Å². The molecule has 0 saturated carbocycles. The molecule has 0 atom stereocenters. The molecule has 47 nitrogen and oxygen atoms in total. The van der Waals surface area contributed by atoms with Crippen LogP contribution in [0.5, 0.6) is 17.4 Å². The number of methoxy groups -OCH3 is 1. The zero-order chi connectivity index (χ0) is 86.7. The SMILES string of the molecule is COc1ccc2c(c1)nc1c(C#N)c(C)c(N=Nc3cc(C)c(N=Nc4cc(C)c(N=Nc5cc(Nc6nc(NCCS(=O)(=O)O)nc(Nc7cccc(S(=O)(=O)O)c7)n6)c(N=Nc6ccc([N+](=O)[O-])cc6S(=O)(=O)O)cc5SCCCS(=O)(=O)O)cc4SCCCS(=O)(=O)O)cc3OCCCS(=O)(=O)O)c(O)n12.O=S(=O)=O.O=S(=O)=O. The number of aromatic nitrogens is 5. The fourth-order valence-electron chi connectivity index (χ4n) is 9.69. The Balaban J connectivity index is 0.00000226. The number of thioether (sulfide) groups is 2. The van der Waals surface area contributed by atoms with Crippen molar-refractivity contribution < 1.29 is 123 Å². The molecule has 0 fully saturated rings. The summed E-state index contributed by atoms with van der Waals surface area (Å²) in [5.41, 5.74) is -0.0299. The first-order valence-corrected chi connectivity index (χ1v) is 45.2. The Morgan fingerprint density at radius 3 is 1.63 bits per heavy atom. The van der Waals surface area contributed by atoms with E-state index in [-0.39, 0.29) is 121 Å². The lowest BCUT2D eigenvalue weighted by Gasteiger charge is -2.14. The minimum absolute atomic E-state index is 0.00904. The van der Waals surface area contributed by atoms with Crippen LogP contribution in [0.15, 0.2) is 158 Å². The summed E-state index contributed by atoms with van der Waals surface area (Å²) in [7, 11) is -32.8. The van der Waals surface area contributed by atoms with Gasteiger partial charge < -0.3 is 30.5 Å². The van der Waals surface area contributed by atoms with Gasteiger partial charge in [-0.25, -0.2) is 4.98 Å². The highest BCUT2D eigenvalue weighted by molar-refractivity contribution is 7.99. The lowest BCUT2D eigenvalue weighted by molar-refractivity contribution is -0.385. The maximum absolute atomic E-state index is 12.7. The van der Waals surface area contributed by atoms with Crippen molar-refractivity contribution in [3.8, 4) is 23.4 Å². The van der Waals surface area contributed by atoms with Gasteiger partial charge in [-0.2, -0.15) is 80.9 Å². The number of nitro benzene ring substituents is 1. The quantitative estimate of drug-likeness (QED) is 0.00440. The van der Waals surface area contributed by atoms with Gasteiger partial charge in [-0.15, -0.1) is 79.5 Å². The summed E-state index contributed by atoms with van der Waals surface area (Å²) in [5, 5.41) is 77.1. The first-order chi connectivity index (χ1) is 54.6.